The molecule has 1 aliphatic heterocycles. The summed E-state index contributed by atoms with van der Waals surface area (Å²) in [4.78, 5) is 17.0. The number of aromatic nitrogens is 3. The van der Waals surface area contributed by atoms with Gasteiger partial charge in [0.2, 0.25) is 5.95 Å². The molecule has 0 aliphatic carbocycles. The van der Waals surface area contributed by atoms with Crippen LogP contribution in [0.15, 0.2) is 67.1 Å². The topological polar surface area (TPSA) is 74.6 Å². The minimum Gasteiger partial charge on any atom is -0.487 e. The van der Waals surface area contributed by atoms with Crippen LogP contribution in [0.5, 0.6) is 5.75 Å². The first kappa shape index (κ1) is 20.3. The minimum atomic E-state index is -0.764. The van der Waals surface area contributed by atoms with Gasteiger partial charge in [-0.2, -0.15) is 0 Å². The maximum atomic E-state index is 11.0. The Morgan fingerprint density at radius 1 is 1.03 bits per heavy atom. The van der Waals surface area contributed by atoms with Crippen LogP contribution in [0.4, 0.5) is 5.95 Å². The van der Waals surface area contributed by atoms with Crippen LogP contribution in [0, 0.1) is 0 Å². The Bertz CT molecular complexity index is 923. The average molecular weight is 406 g/mol. The fraction of sp³-hybridized carbons (Fsp3) is 0.348. The lowest BCUT2D eigenvalue weighted by Crippen LogP contribution is -2.43. The molecule has 7 heteroatoms. The van der Waals surface area contributed by atoms with Crippen LogP contribution in [0.3, 0.4) is 0 Å². The highest BCUT2D eigenvalue weighted by Crippen LogP contribution is 2.25. The zero-order valence-electron chi connectivity index (χ0n) is 17.2. The van der Waals surface area contributed by atoms with Gasteiger partial charge in [0, 0.05) is 38.2 Å². The first-order chi connectivity index (χ1) is 14.6. The van der Waals surface area contributed by atoms with Gasteiger partial charge in [0.1, 0.15) is 12.4 Å². The third kappa shape index (κ3) is 5.31. The summed E-state index contributed by atoms with van der Waals surface area (Å²) in [6.07, 6.45) is 5.93. The summed E-state index contributed by atoms with van der Waals surface area (Å²) >= 11 is 0. The van der Waals surface area contributed by atoms with E-state index in [2.05, 4.69) is 32.0 Å². The van der Waals surface area contributed by atoms with E-state index in [1.54, 1.807) is 24.7 Å². The Labute approximate surface area is 177 Å². The van der Waals surface area contributed by atoms with E-state index in [1.165, 1.54) is 5.56 Å². The molecule has 4 rings (SSSR count). The summed E-state index contributed by atoms with van der Waals surface area (Å²) < 4.78 is 5.80. The van der Waals surface area contributed by atoms with Gasteiger partial charge in [0.05, 0.1) is 17.8 Å². The Hall–Kier alpha value is -3.03. The summed E-state index contributed by atoms with van der Waals surface area (Å²) in [6.45, 7) is 3.10. The van der Waals surface area contributed by atoms with Crippen molar-refractivity contribution < 1.29 is 9.84 Å². The Morgan fingerprint density at radius 2 is 1.80 bits per heavy atom. The van der Waals surface area contributed by atoms with Gasteiger partial charge in [-0.15, -0.1) is 0 Å². The van der Waals surface area contributed by atoms with E-state index in [0.29, 0.717) is 32.1 Å². The summed E-state index contributed by atoms with van der Waals surface area (Å²) in [5.41, 5.74) is 1.31. The molecule has 1 aliphatic rings. The molecular formula is C23H27N5O2. The first-order valence-electron chi connectivity index (χ1n) is 10.1. The number of aliphatic hydroxyl groups is 1. The molecule has 0 bridgehead atoms. The minimum absolute atomic E-state index is 0.453. The molecule has 1 atom stereocenters. The van der Waals surface area contributed by atoms with Gasteiger partial charge in [-0.25, -0.2) is 9.97 Å². The molecule has 30 heavy (non-hydrogen) atoms. The zero-order chi connectivity index (χ0) is 20.8. The largest absolute Gasteiger partial charge is 0.487 e. The third-order valence-electron chi connectivity index (χ3n) is 5.22. The first-order valence-corrected chi connectivity index (χ1v) is 10.1. The maximum absolute atomic E-state index is 11.0. The molecule has 0 amide bonds. The number of likely N-dealkylation sites (N-methyl/N-ethyl adjacent to an activating group) is 1. The number of ether oxygens (including phenoxy) is 1. The second-order valence-electron chi connectivity index (χ2n) is 7.87. The standard InChI is InChI=1S/C23H27N5O2/c1-27(17-23(29)10-14-28(18-23)22-25-12-4-13-26-22)15-19-6-8-21(9-7-19)30-16-20-5-2-3-11-24-20/h2-9,11-13,29H,10,14-18H2,1H3/t23-/m1/s1. The number of benzene rings is 1. The van der Waals surface area contributed by atoms with Crippen molar-refractivity contribution in [1.29, 1.82) is 0 Å². The van der Waals surface area contributed by atoms with E-state index in [9.17, 15) is 5.11 Å². The molecule has 156 valence electrons. The van der Waals surface area contributed by atoms with Crippen LogP contribution in [0.1, 0.15) is 17.7 Å². The third-order valence-corrected chi connectivity index (χ3v) is 5.22. The maximum Gasteiger partial charge on any atom is 0.225 e. The molecule has 3 heterocycles. The number of nitrogens with zero attached hydrogens (tertiary/aromatic N) is 5. The van der Waals surface area contributed by atoms with Crippen LogP contribution < -0.4 is 9.64 Å². The number of hydrogen-bond acceptors (Lipinski definition) is 7. The smallest absolute Gasteiger partial charge is 0.225 e. The van der Waals surface area contributed by atoms with Crippen LogP contribution in [0.25, 0.3) is 0 Å². The van der Waals surface area contributed by atoms with Crippen LogP contribution in [-0.2, 0) is 13.2 Å². The van der Waals surface area contributed by atoms with Crippen LogP contribution in [0.2, 0.25) is 0 Å². The van der Waals surface area contributed by atoms with Gasteiger partial charge in [0.15, 0.2) is 0 Å². The fourth-order valence-corrected chi connectivity index (χ4v) is 3.81. The Morgan fingerprint density at radius 3 is 2.53 bits per heavy atom. The summed E-state index contributed by atoms with van der Waals surface area (Å²) in [7, 11) is 2.03. The highest BCUT2D eigenvalue weighted by molar-refractivity contribution is 5.32. The summed E-state index contributed by atoms with van der Waals surface area (Å²) in [5, 5.41) is 11.0. The number of β-amino-alcohol motifs (C(OH)–C–C–N with tert-alkyl or cyclic N) is 1. The van der Waals surface area contributed by atoms with Crippen LogP contribution in [-0.4, -0.2) is 57.2 Å². The van der Waals surface area contributed by atoms with Gasteiger partial charge in [-0.05, 0) is 49.4 Å². The quantitative estimate of drug-likeness (QED) is 0.617. The molecule has 0 spiro atoms. The second kappa shape index (κ2) is 9.19. The van der Waals surface area contributed by atoms with Crippen LogP contribution >= 0.6 is 0 Å². The van der Waals surface area contributed by atoms with Crippen molar-refractivity contribution in [3.8, 4) is 5.75 Å². The predicted molar refractivity (Wildman–Crippen MR) is 115 cm³/mol. The lowest BCUT2D eigenvalue weighted by atomic mass is 10.0. The summed E-state index contributed by atoms with van der Waals surface area (Å²) in [5.74, 6) is 1.50. The molecule has 0 saturated carbocycles. The van der Waals surface area contributed by atoms with E-state index in [4.69, 9.17) is 4.74 Å². The van der Waals surface area contributed by atoms with Gasteiger partial charge in [0.25, 0.3) is 0 Å². The van der Waals surface area contributed by atoms with E-state index in [0.717, 1.165) is 24.5 Å². The molecule has 1 aromatic carbocycles. The molecule has 1 fully saturated rings. The molecule has 1 saturated heterocycles. The van der Waals surface area contributed by atoms with Gasteiger partial charge in [-0.3, -0.25) is 9.88 Å². The number of anilines is 1. The molecular weight excluding hydrogens is 378 g/mol. The van der Waals surface area contributed by atoms with Crippen molar-refractivity contribution in [2.45, 2.75) is 25.2 Å². The highest BCUT2D eigenvalue weighted by Gasteiger charge is 2.37. The van der Waals surface area contributed by atoms with E-state index in [-0.39, 0.29) is 0 Å². The molecule has 0 unspecified atom stereocenters. The van der Waals surface area contributed by atoms with Crippen molar-refractivity contribution in [2.75, 3.05) is 31.6 Å². The molecule has 0 radical (unpaired) electrons. The Kier molecular flexibility index (Phi) is 6.21. The van der Waals surface area contributed by atoms with Crippen molar-refractivity contribution >= 4 is 5.95 Å². The highest BCUT2D eigenvalue weighted by atomic mass is 16.5. The normalized spacial score (nSPS) is 18.7. The fourth-order valence-electron chi connectivity index (χ4n) is 3.81. The number of pyridine rings is 1. The molecule has 1 N–H and O–H groups in total. The van der Waals surface area contributed by atoms with Gasteiger partial charge in [-0.1, -0.05) is 18.2 Å². The van der Waals surface area contributed by atoms with Crippen molar-refractivity contribution in [2.24, 2.45) is 0 Å². The predicted octanol–water partition coefficient (Wildman–Crippen LogP) is 2.52. The lowest BCUT2D eigenvalue weighted by Gasteiger charge is -2.29. The second-order valence-corrected chi connectivity index (χ2v) is 7.87. The van der Waals surface area contributed by atoms with Gasteiger partial charge < -0.3 is 14.7 Å². The average Bonchev–Trinajstić information content (AvgIpc) is 3.16. The van der Waals surface area contributed by atoms with E-state index in [1.807, 2.05) is 42.3 Å². The Balaban J connectivity index is 1.27. The number of hydrogen-bond donors (Lipinski definition) is 1. The van der Waals surface area contributed by atoms with Crippen molar-refractivity contribution in [3.05, 3.63) is 78.4 Å². The SMILES string of the molecule is CN(Cc1ccc(OCc2ccccn2)cc1)C[C@]1(O)CCN(c2ncccn2)C1. The van der Waals surface area contributed by atoms with E-state index >= 15 is 0 Å². The molecule has 3 aromatic rings. The van der Waals surface area contributed by atoms with E-state index < -0.39 is 5.60 Å². The van der Waals surface area contributed by atoms with Gasteiger partial charge >= 0.3 is 0 Å². The zero-order valence-corrected chi connectivity index (χ0v) is 17.2. The van der Waals surface area contributed by atoms with Crippen molar-refractivity contribution in [1.82, 2.24) is 19.9 Å². The lowest BCUT2D eigenvalue weighted by molar-refractivity contribution is 0.0279. The molecule has 7 nitrogen and oxygen atoms in total. The van der Waals surface area contributed by atoms with Crippen molar-refractivity contribution in [3.63, 3.8) is 0 Å². The monoisotopic (exact) mass is 405 g/mol. The summed E-state index contributed by atoms with van der Waals surface area (Å²) in [6, 6.07) is 15.7. The number of rotatable bonds is 8. The molecule has 2 aromatic heterocycles.